The summed E-state index contributed by atoms with van der Waals surface area (Å²) in [6.45, 7) is 4.46. The Hall–Kier alpha value is -2.13. The highest BCUT2D eigenvalue weighted by Gasteiger charge is 2.23. The number of nitrogens with zero attached hydrogens (tertiary/aromatic N) is 1. The Kier molecular flexibility index (Phi) is 6.24. The van der Waals surface area contributed by atoms with Gasteiger partial charge >= 0.3 is 0 Å². The van der Waals surface area contributed by atoms with Crippen molar-refractivity contribution >= 4 is 5.78 Å². The molecule has 0 amide bonds. The zero-order valence-corrected chi connectivity index (χ0v) is 15.0. The normalized spacial score (nSPS) is 15.9. The molecule has 1 atom stereocenters. The van der Waals surface area contributed by atoms with E-state index in [9.17, 15) is 4.79 Å². The number of carbonyl (C=O) groups is 1. The maximum Gasteiger partial charge on any atom is 0.193 e. The summed E-state index contributed by atoms with van der Waals surface area (Å²) in [6.07, 6.45) is 6.08. The zero-order valence-electron chi connectivity index (χ0n) is 15.0. The van der Waals surface area contributed by atoms with Crippen LogP contribution in [0.5, 0.6) is 5.75 Å². The fourth-order valence-electron chi connectivity index (χ4n) is 3.32. The lowest BCUT2D eigenvalue weighted by Gasteiger charge is -2.28. The van der Waals surface area contributed by atoms with Gasteiger partial charge in [-0.2, -0.15) is 0 Å². The SMILES string of the molecule is CCCCC(Oc1ccc(C(=O)c2ccccc2)cc1)N1CCCC1. The van der Waals surface area contributed by atoms with Crippen LogP contribution in [0.4, 0.5) is 0 Å². The molecule has 3 rings (SSSR count). The Balaban J connectivity index is 1.67. The number of hydrogen-bond donors (Lipinski definition) is 0. The Labute approximate surface area is 150 Å². The highest BCUT2D eigenvalue weighted by atomic mass is 16.5. The van der Waals surface area contributed by atoms with Gasteiger partial charge in [0.1, 0.15) is 5.75 Å². The molecule has 0 aromatic heterocycles. The predicted octanol–water partition coefficient (Wildman–Crippen LogP) is 4.91. The third kappa shape index (κ3) is 4.70. The Bertz CT molecular complexity index is 660. The summed E-state index contributed by atoms with van der Waals surface area (Å²) < 4.78 is 6.26. The van der Waals surface area contributed by atoms with Gasteiger partial charge in [-0.3, -0.25) is 9.69 Å². The van der Waals surface area contributed by atoms with E-state index in [2.05, 4.69) is 11.8 Å². The van der Waals surface area contributed by atoms with Crippen molar-refractivity contribution in [1.82, 2.24) is 4.90 Å². The van der Waals surface area contributed by atoms with E-state index in [1.165, 1.54) is 25.7 Å². The van der Waals surface area contributed by atoms with Crippen LogP contribution >= 0.6 is 0 Å². The van der Waals surface area contributed by atoms with E-state index in [4.69, 9.17) is 4.74 Å². The maximum absolute atomic E-state index is 12.5. The molecule has 0 N–H and O–H groups in total. The van der Waals surface area contributed by atoms with E-state index in [1.807, 2.05) is 54.6 Å². The average Bonchev–Trinajstić information content (AvgIpc) is 3.20. The van der Waals surface area contributed by atoms with Crippen LogP contribution in [0.3, 0.4) is 0 Å². The van der Waals surface area contributed by atoms with Crippen LogP contribution in [0.15, 0.2) is 54.6 Å². The maximum atomic E-state index is 12.5. The van der Waals surface area contributed by atoms with Crippen molar-refractivity contribution < 1.29 is 9.53 Å². The molecular formula is C22H27NO2. The highest BCUT2D eigenvalue weighted by molar-refractivity contribution is 6.08. The topological polar surface area (TPSA) is 29.5 Å². The molecule has 1 saturated heterocycles. The summed E-state index contributed by atoms with van der Waals surface area (Å²) in [6, 6.07) is 17.0. The van der Waals surface area contributed by atoms with Gasteiger partial charge in [0.25, 0.3) is 0 Å². The van der Waals surface area contributed by atoms with E-state index in [0.717, 1.165) is 25.3 Å². The quantitative estimate of drug-likeness (QED) is 0.641. The van der Waals surface area contributed by atoms with Crippen molar-refractivity contribution in [2.24, 2.45) is 0 Å². The summed E-state index contributed by atoms with van der Waals surface area (Å²) in [5.41, 5.74) is 1.42. The van der Waals surface area contributed by atoms with Crippen molar-refractivity contribution in [2.75, 3.05) is 13.1 Å². The average molecular weight is 337 g/mol. The van der Waals surface area contributed by atoms with Crippen molar-refractivity contribution in [3.63, 3.8) is 0 Å². The number of rotatable bonds is 8. The molecule has 2 aromatic carbocycles. The Morgan fingerprint density at radius 3 is 2.28 bits per heavy atom. The number of likely N-dealkylation sites (tertiary alicyclic amines) is 1. The third-order valence-electron chi connectivity index (χ3n) is 4.78. The summed E-state index contributed by atoms with van der Waals surface area (Å²) in [5.74, 6) is 0.895. The van der Waals surface area contributed by atoms with Gasteiger partial charge in [-0.15, -0.1) is 0 Å². The standard InChI is InChI=1S/C22H27NO2/c1-2-3-11-21(23-16-7-8-17-23)25-20-14-12-19(13-15-20)22(24)18-9-5-4-6-10-18/h4-6,9-10,12-15,21H,2-3,7-8,11,16-17H2,1H3. The van der Waals surface area contributed by atoms with Crippen molar-refractivity contribution in [1.29, 1.82) is 0 Å². The second kappa shape index (κ2) is 8.82. The third-order valence-corrected chi connectivity index (χ3v) is 4.78. The molecule has 1 aliphatic rings. The smallest absolute Gasteiger partial charge is 0.193 e. The first-order valence-electron chi connectivity index (χ1n) is 9.38. The van der Waals surface area contributed by atoms with Crippen LogP contribution in [0, 0.1) is 0 Å². The summed E-state index contributed by atoms with van der Waals surface area (Å²) in [4.78, 5) is 14.9. The van der Waals surface area contributed by atoms with Gasteiger partial charge in [0, 0.05) is 24.2 Å². The van der Waals surface area contributed by atoms with E-state index in [1.54, 1.807) is 0 Å². The van der Waals surface area contributed by atoms with E-state index in [0.29, 0.717) is 11.1 Å². The van der Waals surface area contributed by atoms with Crippen LogP contribution in [0.2, 0.25) is 0 Å². The van der Waals surface area contributed by atoms with Crippen LogP contribution < -0.4 is 4.74 Å². The monoisotopic (exact) mass is 337 g/mol. The predicted molar refractivity (Wildman–Crippen MR) is 101 cm³/mol. The molecule has 3 nitrogen and oxygen atoms in total. The molecule has 2 aromatic rings. The molecule has 1 fully saturated rings. The summed E-state index contributed by atoms with van der Waals surface area (Å²) in [7, 11) is 0. The first-order chi connectivity index (χ1) is 12.3. The van der Waals surface area contributed by atoms with Gasteiger partial charge in [-0.25, -0.2) is 0 Å². The van der Waals surface area contributed by atoms with Gasteiger partial charge in [-0.1, -0.05) is 43.7 Å². The number of ketones is 1. The molecule has 0 saturated carbocycles. The molecular weight excluding hydrogens is 310 g/mol. The lowest BCUT2D eigenvalue weighted by Crippen LogP contribution is -2.37. The molecule has 132 valence electrons. The largest absolute Gasteiger partial charge is 0.475 e. The second-order valence-corrected chi connectivity index (χ2v) is 6.68. The molecule has 3 heteroatoms. The minimum absolute atomic E-state index is 0.0502. The molecule has 0 radical (unpaired) electrons. The Morgan fingerprint density at radius 1 is 1.00 bits per heavy atom. The Morgan fingerprint density at radius 2 is 1.64 bits per heavy atom. The van der Waals surface area contributed by atoms with E-state index in [-0.39, 0.29) is 12.0 Å². The molecule has 0 aliphatic carbocycles. The molecule has 1 heterocycles. The van der Waals surface area contributed by atoms with Crippen molar-refractivity contribution in [3.8, 4) is 5.75 Å². The van der Waals surface area contributed by atoms with Crippen LogP contribution in [-0.2, 0) is 0 Å². The lowest BCUT2D eigenvalue weighted by molar-refractivity contribution is 0.0345. The summed E-state index contributed by atoms with van der Waals surface area (Å²) in [5, 5.41) is 0. The highest BCUT2D eigenvalue weighted by Crippen LogP contribution is 2.22. The van der Waals surface area contributed by atoms with E-state index < -0.39 is 0 Å². The molecule has 1 aliphatic heterocycles. The van der Waals surface area contributed by atoms with Gasteiger partial charge in [0.15, 0.2) is 12.0 Å². The van der Waals surface area contributed by atoms with Crippen LogP contribution in [0.25, 0.3) is 0 Å². The second-order valence-electron chi connectivity index (χ2n) is 6.68. The zero-order chi connectivity index (χ0) is 17.5. The number of carbonyl (C=O) groups excluding carboxylic acids is 1. The van der Waals surface area contributed by atoms with Gasteiger partial charge in [-0.05, 0) is 49.9 Å². The fourth-order valence-corrected chi connectivity index (χ4v) is 3.32. The van der Waals surface area contributed by atoms with Crippen LogP contribution in [0.1, 0.15) is 54.9 Å². The fraction of sp³-hybridized carbons (Fsp3) is 0.409. The van der Waals surface area contributed by atoms with Gasteiger partial charge in [0.05, 0.1) is 0 Å². The lowest BCUT2D eigenvalue weighted by atomic mass is 10.0. The van der Waals surface area contributed by atoms with E-state index >= 15 is 0 Å². The first-order valence-corrected chi connectivity index (χ1v) is 9.38. The number of hydrogen-bond acceptors (Lipinski definition) is 3. The van der Waals surface area contributed by atoms with Crippen molar-refractivity contribution in [3.05, 3.63) is 65.7 Å². The van der Waals surface area contributed by atoms with Crippen LogP contribution in [-0.4, -0.2) is 30.0 Å². The molecule has 1 unspecified atom stereocenters. The minimum Gasteiger partial charge on any atom is -0.475 e. The van der Waals surface area contributed by atoms with Gasteiger partial charge in [0.2, 0.25) is 0 Å². The number of unbranched alkanes of at least 4 members (excludes halogenated alkanes) is 1. The van der Waals surface area contributed by atoms with Gasteiger partial charge < -0.3 is 4.74 Å². The number of ether oxygens (including phenoxy) is 1. The molecule has 25 heavy (non-hydrogen) atoms. The molecule has 0 spiro atoms. The minimum atomic E-state index is 0.0502. The first kappa shape index (κ1) is 17.7. The molecule has 0 bridgehead atoms. The number of benzene rings is 2. The van der Waals surface area contributed by atoms with Crippen molar-refractivity contribution in [2.45, 2.75) is 45.3 Å². The summed E-state index contributed by atoms with van der Waals surface area (Å²) >= 11 is 0.